The Kier molecular flexibility index (Phi) is 8.04. The zero-order valence-corrected chi connectivity index (χ0v) is 22.3. The Morgan fingerprint density at radius 2 is 1.46 bits per heavy atom. The Labute approximate surface area is 227 Å². The predicted octanol–water partition coefficient (Wildman–Crippen LogP) is 5.62. The number of rotatable bonds is 8. The standard InChI is InChI=1S/C31H31NO7/c1-18(2)17-38-25-15-9-21(10-16-25)28(34)26-27(20-7-13-24(33)14-8-20)32(30(36)29(26)35)23-11-5-22(6-12-23)31(37)39-19(3)4/h5-16,18-19,27,33-34H,17H2,1-4H3/b28-26+. The molecule has 1 aliphatic rings. The first kappa shape index (κ1) is 27.4. The van der Waals surface area contributed by atoms with Gasteiger partial charge in [0, 0.05) is 11.3 Å². The van der Waals surface area contributed by atoms with Crippen LogP contribution in [0, 0.1) is 5.92 Å². The summed E-state index contributed by atoms with van der Waals surface area (Å²) in [6.45, 7) is 8.09. The van der Waals surface area contributed by atoms with Crippen LogP contribution in [0.25, 0.3) is 5.76 Å². The van der Waals surface area contributed by atoms with Gasteiger partial charge in [-0.15, -0.1) is 0 Å². The van der Waals surface area contributed by atoms with Crippen LogP contribution in [0.15, 0.2) is 78.4 Å². The van der Waals surface area contributed by atoms with Crippen LogP contribution in [0.2, 0.25) is 0 Å². The topological polar surface area (TPSA) is 113 Å². The number of carbonyl (C=O) groups excluding carboxylic acids is 3. The van der Waals surface area contributed by atoms with E-state index in [2.05, 4.69) is 0 Å². The summed E-state index contributed by atoms with van der Waals surface area (Å²) < 4.78 is 10.9. The van der Waals surface area contributed by atoms with Crippen molar-refractivity contribution in [2.24, 2.45) is 5.92 Å². The molecular weight excluding hydrogens is 498 g/mol. The quantitative estimate of drug-likeness (QED) is 0.169. The number of aliphatic hydroxyl groups is 1. The van der Waals surface area contributed by atoms with Gasteiger partial charge in [-0.25, -0.2) is 4.79 Å². The number of phenols is 1. The number of aliphatic hydroxyl groups excluding tert-OH is 1. The van der Waals surface area contributed by atoms with Crippen LogP contribution in [-0.2, 0) is 14.3 Å². The first-order valence-corrected chi connectivity index (χ1v) is 12.7. The molecule has 202 valence electrons. The molecule has 1 fully saturated rings. The molecule has 0 radical (unpaired) electrons. The third-order valence-corrected chi connectivity index (χ3v) is 6.09. The van der Waals surface area contributed by atoms with Crippen molar-refractivity contribution < 1.29 is 34.1 Å². The van der Waals surface area contributed by atoms with Gasteiger partial charge in [0.1, 0.15) is 17.3 Å². The molecule has 3 aromatic rings. The first-order chi connectivity index (χ1) is 18.6. The van der Waals surface area contributed by atoms with E-state index >= 15 is 0 Å². The lowest BCUT2D eigenvalue weighted by atomic mass is 9.95. The molecule has 0 saturated carbocycles. The van der Waals surface area contributed by atoms with Crippen LogP contribution in [0.3, 0.4) is 0 Å². The molecule has 8 nitrogen and oxygen atoms in total. The minimum absolute atomic E-state index is 0.0145. The summed E-state index contributed by atoms with van der Waals surface area (Å²) in [5, 5.41) is 21.1. The molecule has 1 atom stereocenters. The van der Waals surface area contributed by atoms with Crippen molar-refractivity contribution in [1.82, 2.24) is 0 Å². The van der Waals surface area contributed by atoms with Crippen LogP contribution in [-0.4, -0.2) is 40.6 Å². The smallest absolute Gasteiger partial charge is 0.338 e. The third-order valence-electron chi connectivity index (χ3n) is 6.09. The van der Waals surface area contributed by atoms with Crippen molar-refractivity contribution in [2.45, 2.75) is 39.8 Å². The van der Waals surface area contributed by atoms with Crippen molar-refractivity contribution in [3.63, 3.8) is 0 Å². The molecule has 0 aromatic heterocycles. The van der Waals surface area contributed by atoms with E-state index in [1.165, 1.54) is 29.2 Å². The van der Waals surface area contributed by atoms with Crippen molar-refractivity contribution in [2.75, 3.05) is 11.5 Å². The van der Waals surface area contributed by atoms with E-state index in [4.69, 9.17) is 9.47 Å². The fraction of sp³-hybridized carbons (Fsp3) is 0.258. The van der Waals surface area contributed by atoms with Crippen LogP contribution >= 0.6 is 0 Å². The van der Waals surface area contributed by atoms with Crippen molar-refractivity contribution in [1.29, 1.82) is 0 Å². The first-order valence-electron chi connectivity index (χ1n) is 12.7. The van der Waals surface area contributed by atoms with Gasteiger partial charge in [0.15, 0.2) is 0 Å². The second-order valence-electron chi connectivity index (χ2n) is 9.99. The number of phenolic OH excluding ortho intramolecular Hbond substituents is 1. The summed E-state index contributed by atoms with van der Waals surface area (Å²) in [4.78, 5) is 40.2. The molecule has 0 aliphatic carbocycles. The van der Waals surface area contributed by atoms with Crippen LogP contribution in [0.5, 0.6) is 11.5 Å². The zero-order valence-electron chi connectivity index (χ0n) is 22.3. The van der Waals surface area contributed by atoms with E-state index in [1.807, 2.05) is 13.8 Å². The lowest BCUT2D eigenvalue weighted by Crippen LogP contribution is -2.29. The lowest BCUT2D eigenvalue weighted by molar-refractivity contribution is -0.132. The maximum Gasteiger partial charge on any atom is 0.338 e. The third kappa shape index (κ3) is 5.95. The Hall–Kier alpha value is -4.59. The van der Waals surface area contributed by atoms with E-state index in [0.29, 0.717) is 40.7 Å². The number of Topliss-reactive ketones (excluding diaryl/α,β-unsaturated/α-hetero) is 1. The van der Waals surface area contributed by atoms with Crippen LogP contribution < -0.4 is 9.64 Å². The monoisotopic (exact) mass is 529 g/mol. The molecule has 8 heteroatoms. The summed E-state index contributed by atoms with van der Waals surface area (Å²) >= 11 is 0. The number of ketones is 1. The highest BCUT2D eigenvalue weighted by Crippen LogP contribution is 2.42. The number of ether oxygens (including phenoxy) is 2. The molecule has 1 aliphatic heterocycles. The van der Waals surface area contributed by atoms with Crippen molar-refractivity contribution in [3.05, 3.63) is 95.1 Å². The van der Waals surface area contributed by atoms with Gasteiger partial charge in [0.25, 0.3) is 11.7 Å². The van der Waals surface area contributed by atoms with Gasteiger partial charge in [-0.3, -0.25) is 14.5 Å². The maximum absolute atomic E-state index is 13.3. The van der Waals surface area contributed by atoms with Gasteiger partial charge >= 0.3 is 5.97 Å². The summed E-state index contributed by atoms with van der Waals surface area (Å²) in [5.74, 6) is -1.55. The average Bonchev–Trinajstić information content (AvgIpc) is 3.17. The highest BCUT2D eigenvalue weighted by Gasteiger charge is 2.47. The molecule has 4 rings (SSSR count). The fourth-order valence-electron chi connectivity index (χ4n) is 4.24. The van der Waals surface area contributed by atoms with E-state index in [9.17, 15) is 24.6 Å². The highest BCUT2D eigenvalue weighted by atomic mass is 16.5. The van der Waals surface area contributed by atoms with Crippen molar-refractivity contribution >= 4 is 29.1 Å². The number of amides is 1. The number of nitrogens with zero attached hydrogens (tertiary/aromatic N) is 1. The minimum Gasteiger partial charge on any atom is -0.508 e. The largest absolute Gasteiger partial charge is 0.508 e. The fourth-order valence-corrected chi connectivity index (χ4v) is 4.24. The number of carbonyl (C=O) groups is 3. The Morgan fingerprint density at radius 1 is 0.872 bits per heavy atom. The maximum atomic E-state index is 13.3. The SMILES string of the molecule is CC(C)COc1ccc(/C(O)=C2\C(=O)C(=O)N(c3ccc(C(=O)OC(C)C)cc3)C2c2ccc(O)cc2)cc1. The summed E-state index contributed by atoms with van der Waals surface area (Å²) in [6, 6.07) is 17.9. The number of hydrogen-bond donors (Lipinski definition) is 2. The zero-order chi connectivity index (χ0) is 28.3. The molecule has 39 heavy (non-hydrogen) atoms. The van der Waals surface area contributed by atoms with E-state index < -0.39 is 23.7 Å². The summed E-state index contributed by atoms with van der Waals surface area (Å²) in [5.41, 5.74) is 1.41. The molecule has 1 saturated heterocycles. The molecule has 3 aromatic carbocycles. The van der Waals surface area contributed by atoms with Gasteiger partial charge in [0.2, 0.25) is 0 Å². The Balaban J connectivity index is 1.76. The second kappa shape index (κ2) is 11.4. The van der Waals surface area contributed by atoms with Crippen LogP contribution in [0.4, 0.5) is 5.69 Å². The number of hydrogen-bond acceptors (Lipinski definition) is 7. The molecule has 2 N–H and O–H groups in total. The lowest BCUT2D eigenvalue weighted by Gasteiger charge is -2.25. The van der Waals surface area contributed by atoms with E-state index in [1.54, 1.807) is 62.4 Å². The van der Waals surface area contributed by atoms with E-state index in [-0.39, 0.29) is 23.2 Å². The number of esters is 1. The van der Waals surface area contributed by atoms with Gasteiger partial charge in [-0.2, -0.15) is 0 Å². The Bertz CT molecular complexity index is 1390. The molecule has 1 amide bonds. The second-order valence-corrected chi connectivity index (χ2v) is 9.99. The predicted molar refractivity (Wildman–Crippen MR) is 147 cm³/mol. The van der Waals surface area contributed by atoms with Gasteiger partial charge < -0.3 is 19.7 Å². The minimum atomic E-state index is -0.976. The molecule has 1 unspecified atom stereocenters. The van der Waals surface area contributed by atoms with Gasteiger partial charge in [0.05, 0.1) is 29.9 Å². The van der Waals surface area contributed by atoms with E-state index in [0.717, 1.165) is 0 Å². The number of benzene rings is 3. The van der Waals surface area contributed by atoms with Gasteiger partial charge in [-0.05, 0) is 86.0 Å². The van der Waals surface area contributed by atoms with Gasteiger partial charge in [-0.1, -0.05) is 26.0 Å². The molecule has 0 bridgehead atoms. The molecule has 1 heterocycles. The normalized spacial score (nSPS) is 16.7. The molecule has 0 spiro atoms. The average molecular weight is 530 g/mol. The number of anilines is 1. The highest BCUT2D eigenvalue weighted by molar-refractivity contribution is 6.51. The summed E-state index contributed by atoms with van der Waals surface area (Å²) in [6.07, 6.45) is -0.291. The van der Waals surface area contributed by atoms with Crippen molar-refractivity contribution in [3.8, 4) is 11.5 Å². The summed E-state index contributed by atoms with van der Waals surface area (Å²) in [7, 11) is 0. The van der Waals surface area contributed by atoms with Crippen LogP contribution in [0.1, 0.15) is 55.2 Å². The number of aromatic hydroxyl groups is 1. The Morgan fingerprint density at radius 3 is 2.03 bits per heavy atom. The molecular formula is C31H31NO7.